The number of rotatable bonds is 5. The summed E-state index contributed by atoms with van der Waals surface area (Å²) in [5, 5.41) is 3.57. The minimum Gasteiger partial charge on any atom is -0.324 e. The van der Waals surface area contributed by atoms with Crippen LogP contribution in [-0.2, 0) is 4.79 Å². The van der Waals surface area contributed by atoms with Crippen LogP contribution in [0, 0.1) is 0 Å². The maximum atomic E-state index is 12.7. The normalized spacial score (nSPS) is 13.6. The van der Waals surface area contributed by atoms with Crippen molar-refractivity contribution in [2.24, 2.45) is 0 Å². The highest BCUT2D eigenvalue weighted by atomic mass is 35.5. The van der Waals surface area contributed by atoms with E-state index in [1.54, 1.807) is 34.1 Å². The fourth-order valence-electron chi connectivity index (χ4n) is 3.41. The smallest absolute Gasteiger partial charge is 0.324 e. The summed E-state index contributed by atoms with van der Waals surface area (Å²) in [6, 6.07) is 24.5. The number of para-hydroxylation sites is 1. The molecular weight excluding hydrogens is 386 g/mol. The van der Waals surface area contributed by atoms with E-state index in [1.165, 1.54) is 0 Å². The van der Waals surface area contributed by atoms with Gasteiger partial charge < -0.3 is 10.2 Å². The fraction of sp³-hybridized carbons (Fsp3) is 0.130. The van der Waals surface area contributed by atoms with Crippen LogP contribution in [0.2, 0.25) is 5.02 Å². The lowest BCUT2D eigenvalue weighted by atomic mass is 10.0. The second-order valence-corrected chi connectivity index (χ2v) is 7.23. The topological polar surface area (TPSA) is 52.7 Å². The third kappa shape index (κ3) is 4.25. The molecule has 0 radical (unpaired) electrons. The van der Waals surface area contributed by atoms with Crippen molar-refractivity contribution < 1.29 is 9.59 Å². The summed E-state index contributed by atoms with van der Waals surface area (Å²) < 4.78 is 0. The van der Waals surface area contributed by atoms with Crippen LogP contribution >= 0.6 is 11.6 Å². The van der Waals surface area contributed by atoms with E-state index in [0.717, 1.165) is 22.5 Å². The Balaban J connectivity index is 1.43. The Kier molecular flexibility index (Phi) is 5.49. The maximum Gasteiger partial charge on any atom is 0.325 e. The van der Waals surface area contributed by atoms with E-state index < -0.39 is 0 Å². The molecule has 1 saturated heterocycles. The molecule has 3 aromatic carbocycles. The molecule has 1 aliphatic rings. The van der Waals surface area contributed by atoms with Crippen LogP contribution < -0.4 is 10.2 Å². The zero-order valence-corrected chi connectivity index (χ0v) is 16.5. The van der Waals surface area contributed by atoms with E-state index in [2.05, 4.69) is 5.32 Å². The quantitative estimate of drug-likeness (QED) is 0.657. The fourth-order valence-corrected chi connectivity index (χ4v) is 3.54. The zero-order chi connectivity index (χ0) is 20.2. The van der Waals surface area contributed by atoms with Crippen molar-refractivity contribution in [2.75, 3.05) is 29.9 Å². The first-order chi connectivity index (χ1) is 14.1. The average Bonchev–Trinajstić information content (AvgIpc) is 3.10. The van der Waals surface area contributed by atoms with Crippen molar-refractivity contribution in [1.82, 2.24) is 4.90 Å². The Morgan fingerprint density at radius 1 is 0.897 bits per heavy atom. The highest BCUT2D eigenvalue weighted by Crippen LogP contribution is 2.28. The molecule has 1 N–H and O–H groups in total. The largest absolute Gasteiger partial charge is 0.325 e. The zero-order valence-electron chi connectivity index (χ0n) is 15.7. The molecule has 0 aliphatic carbocycles. The Labute approximate surface area is 174 Å². The first kappa shape index (κ1) is 19.0. The van der Waals surface area contributed by atoms with Gasteiger partial charge in [-0.1, -0.05) is 60.1 Å². The number of hydrogen-bond acceptors (Lipinski definition) is 2. The lowest BCUT2D eigenvalue weighted by Gasteiger charge is -2.19. The van der Waals surface area contributed by atoms with Gasteiger partial charge in [0, 0.05) is 35.1 Å². The summed E-state index contributed by atoms with van der Waals surface area (Å²) in [6.45, 7) is 1.04. The third-order valence-electron chi connectivity index (χ3n) is 4.85. The molecule has 0 aromatic heterocycles. The van der Waals surface area contributed by atoms with Crippen LogP contribution in [0.3, 0.4) is 0 Å². The molecule has 146 valence electrons. The Morgan fingerprint density at radius 2 is 1.59 bits per heavy atom. The molecule has 3 amide bonds. The van der Waals surface area contributed by atoms with E-state index in [1.807, 2.05) is 54.6 Å². The number of nitrogens with one attached hydrogen (secondary N) is 1. The number of nitrogens with zero attached hydrogens (tertiary/aromatic N) is 2. The van der Waals surface area contributed by atoms with Crippen molar-refractivity contribution in [3.8, 4) is 11.1 Å². The number of urea groups is 1. The summed E-state index contributed by atoms with van der Waals surface area (Å²) >= 11 is 5.92. The summed E-state index contributed by atoms with van der Waals surface area (Å²) in [6.07, 6.45) is 0. The molecule has 1 heterocycles. The monoisotopic (exact) mass is 405 g/mol. The molecule has 29 heavy (non-hydrogen) atoms. The van der Waals surface area contributed by atoms with E-state index in [-0.39, 0.29) is 18.5 Å². The predicted octanol–water partition coefficient (Wildman–Crippen LogP) is 4.89. The van der Waals surface area contributed by atoms with Gasteiger partial charge in [0.2, 0.25) is 5.91 Å². The maximum absolute atomic E-state index is 12.7. The second-order valence-electron chi connectivity index (χ2n) is 6.79. The highest BCUT2D eigenvalue weighted by molar-refractivity contribution is 6.30. The molecule has 3 aromatic rings. The van der Waals surface area contributed by atoms with Crippen molar-refractivity contribution in [1.29, 1.82) is 0 Å². The van der Waals surface area contributed by atoms with Crippen LogP contribution in [0.5, 0.6) is 0 Å². The molecule has 5 nitrogen and oxygen atoms in total. The van der Waals surface area contributed by atoms with Crippen LogP contribution in [-0.4, -0.2) is 36.5 Å². The van der Waals surface area contributed by atoms with E-state index in [9.17, 15) is 9.59 Å². The number of carbonyl (C=O) groups excluding carboxylic acids is 2. The minimum atomic E-state index is -0.223. The molecule has 1 fully saturated rings. The van der Waals surface area contributed by atoms with Crippen molar-refractivity contribution in [3.05, 3.63) is 83.9 Å². The van der Waals surface area contributed by atoms with Gasteiger partial charge in [0.15, 0.2) is 0 Å². The summed E-state index contributed by atoms with van der Waals surface area (Å²) in [5.74, 6) is -0.223. The van der Waals surface area contributed by atoms with Gasteiger partial charge in [0.1, 0.15) is 6.54 Å². The summed E-state index contributed by atoms with van der Waals surface area (Å²) in [5.41, 5.74) is 3.47. The van der Waals surface area contributed by atoms with Gasteiger partial charge >= 0.3 is 6.03 Å². The Hall–Kier alpha value is -3.31. The molecule has 0 unspecified atom stereocenters. The molecule has 4 rings (SSSR count). The standard InChI is InChI=1S/C23H20ClN3O2/c24-18-10-12-19(13-11-18)27-15-14-26(23(27)29)16-22(28)25-21-9-5-4-8-20(21)17-6-2-1-3-7-17/h1-13H,14-16H2,(H,25,28). The number of carbonyl (C=O) groups is 2. The summed E-state index contributed by atoms with van der Waals surface area (Å²) in [7, 11) is 0. The first-order valence-electron chi connectivity index (χ1n) is 9.38. The van der Waals surface area contributed by atoms with Gasteiger partial charge in [-0.05, 0) is 35.9 Å². The average molecular weight is 406 g/mol. The number of amides is 3. The van der Waals surface area contributed by atoms with Crippen LogP contribution in [0.1, 0.15) is 0 Å². The predicted molar refractivity (Wildman–Crippen MR) is 116 cm³/mol. The SMILES string of the molecule is O=C(CN1CCN(c2ccc(Cl)cc2)C1=O)Nc1ccccc1-c1ccccc1. The van der Waals surface area contributed by atoms with Gasteiger partial charge in [-0.3, -0.25) is 9.69 Å². The lowest BCUT2D eigenvalue weighted by Crippen LogP contribution is -2.37. The molecule has 0 saturated carbocycles. The summed E-state index contributed by atoms with van der Waals surface area (Å²) in [4.78, 5) is 28.6. The number of benzene rings is 3. The van der Waals surface area contributed by atoms with E-state index in [4.69, 9.17) is 11.6 Å². The Bertz CT molecular complexity index is 1020. The van der Waals surface area contributed by atoms with Gasteiger partial charge in [0.25, 0.3) is 0 Å². The van der Waals surface area contributed by atoms with Crippen molar-refractivity contribution in [2.45, 2.75) is 0 Å². The van der Waals surface area contributed by atoms with Crippen LogP contribution in [0.15, 0.2) is 78.9 Å². The first-order valence-corrected chi connectivity index (χ1v) is 9.76. The minimum absolute atomic E-state index is 0.00600. The second kappa shape index (κ2) is 8.37. The van der Waals surface area contributed by atoms with Crippen molar-refractivity contribution in [3.63, 3.8) is 0 Å². The van der Waals surface area contributed by atoms with Gasteiger partial charge in [-0.25, -0.2) is 4.79 Å². The highest BCUT2D eigenvalue weighted by Gasteiger charge is 2.30. The molecular formula is C23H20ClN3O2. The van der Waals surface area contributed by atoms with Crippen LogP contribution in [0.25, 0.3) is 11.1 Å². The molecule has 6 heteroatoms. The van der Waals surface area contributed by atoms with Gasteiger partial charge in [0.05, 0.1) is 0 Å². The van der Waals surface area contributed by atoms with Gasteiger partial charge in [-0.15, -0.1) is 0 Å². The van der Waals surface area contributed by atoms with Crippen molar-refractivity contribution >= 4 is 34.9 Å². The number of anilines is 2. The molecule has 0 bridgehead atoms. The Morgan fingerprint density at radius 3 is 2.34 bits per heavy atom. The molecule has 0 spiro atoms. The molecule has 0 atom stereocenters. The van der Waals surface area contributed by atoms with Crippen LogP contribution in [0.4, 0.5) is 16.2 Å². The number of hydrogen-bond donors (Lipinski definition) is 1. The molecule has 1 aliphatic heterocycles. The third-order valence-corrected chi connectivity index (χ3v) is 5.11. The van der Waals surface area contributed by atoms with E-state index >= 15 is 0 Å². The van der Waals surface area contributed by atoms with E-state index in [0.29, 0.717) is 18.1 Å². The lowest BCUT2D eigenvalue weighted by molar-refractivity contribution is -0.116. The number of halogens is 1. The van der Waals surface area contributed by atoms with Gasteiger partial charge in [-0.2, -0.15) is 0 Å².